The fourth-order valence-electron chi connectivity index (χ4n) is 1.42. The molecule has 0 aliphatic carbocycles. The molecule has 2 aromatic heterocycles. The topological polar surface area (TPSA) is 55.2 Å². The Balaban J connectivity index is 1.83. The van der Waals surface area contributed by atoms with Crippen LogP contribution in [0.4, 0.5) is 0 Å². The first-order valence-electron chi connectivity index (χ1n) is 5.37. The highest BCUT2D eigenvalue weighted by Crippen LogP contribution is 2.14. The van der Waals surface area contributed by atoms with Gasteiger partial charge in [-0.1, -0.05) is 0 Å². The minimum absolute atomic E-state index is 0.0413. The highest BCUT2D eigenvalue weighted by molar-refractivity contribution is 7.09. The van der Waals surface area contributed by atoms with E-state index in [9.17, 15) is 0 Å². The first-order chi connectivity index (χ1) is 8.29. The number of ether oxygens (including phenoxy) is 1. The maximum Gasteiger partial charge on any atom is 0.137 e. The molecule has 0 amide bonds. The Morgan fingerprint density at radius 3 is 2.82 bits per heavy atom. The molecule has 0 aromatic carbocycles. The number of aryl methyl sites for hydroxylation is 1. The van der Waals surface area contributed by atoms with E-state index in [-0.39, 0.29) is 6.61 Å². The van der Waals surface area contributed by atoms with Crippen molar-refractivity contribution < 1.29 is 9.84 Å². The van der Waals surface area contributed by atoms with E-state index in [2.05, 4.69) is 9.97 Å². The van der Waals surface area contributed by atoms with Gasteiger partial charge in [0.2, 0.25) is 0 Å². The van der Waals surface area contributed by atoms with Crippen molar-refractivity contribution in [3.8, 4) is 5.75 Å². The van der Waals surface area contributed by atoms with Gasteiger partial charge < -0.3 is 9.84 Å². The predicted molar refractivity (Wildman–Crippen MR) is 66.2 cm³/mol. The number of aliphatic hydroxyl groups is 1. The normalized spacial score (nSPS) is 10.5. The predicted octanol–water partition coefficient (Wildman–Crippen LogP) is 1.96. The van der Waals surface area contributed by atoms with Gasteiger partial charge in [-0.05, 0) is 19.1 Å². The molecule has 0 radical (unpaired) electrons. The number of rotatable bonds is 5. The van der Waals surface area contributed by atoms with Gasteiger partial charge >= 0.3 is 0 Å². The summed E-state index contributed by atoms with van der Waals surface area (Å²) in [4.78, 5) is 9.49. The lowest BCUT2D eigenvalue weighted by Gasteiger charge is -2.05. The highest BCUT2D eigenvalue weighted by atomic mass is 32.1. The third-order valence-corrected chi connectivity index (χ3v) is 3.40. The summed E-state index contributed by atoms with van der Waals surface area (Å²) >= 11 is 1.65. The van der Waals surface area contributed by atoms with Gasteiger partial charge in [0.25, 0.3) is 0 Å². The lowest BCUT2D eigenvalue weighted by atomic mass is 10.3. The van der Waals surface area contributed by atoms with E-state index in [0.717, 1.165) is 17.9 Å². The van der Waals surface area contributed by atoms with Crippen LogP contribution in [-0.4, -0.2) is 21.7 Å². The Bertz CT molecular complexity index is 468. The summed E-state index contributed by atoms with van der Waals surface area (Å²) in [6.45, 7) is 2.58. The molecule has 0 saturated heterocycles. The standard InChI is InChI=1S/C12H14N2O2S/c1-9-12(17-8-14-9)4-5-16-11-3-2-10(7-15)13-6-11/h2-3,6,8,15H,4-5,7H2,1H3. The molecule has 0 aliphatic heterocycles. The van der Waals surface area contributed by atoms with Gasteiger partial charge in [0.15, 0.2) is 0 Å². The summed E-state index contributed by atoms with van der Waals surface area (Å²) in [6, 6.07) is 3.57. The summed E-state index contributed by atoms with van der Waals surface area (Å²) in [5.41, 5.74) is 3.57. The van der Waals surface area contributed by atoms with E-state index in [0.29, 0.717) is 12.3 Å². The molecule has 4 nitrogen and oxygen atoms in total. The summed E-state index contributed by atoms with van der Waals surface area (Å²) in [6.07, 6.45) is 2.49. The molecule has 17 heavy (non-hydrogen) atoms. The van der Waals surface area contributed by atoms with Crippen molar-refractivity contribution in [3.63, 3.8) is 0 Å². The van der Waals surface area contributed by atoms with E-state index < -0.39 is 0 Å². The Morgan fingerprint density at radius 1 is 1.35 bits per heavy atom. The number of aliphatic hydroxyl groups excluding tert-OH is 1. The van der Waals surface area contributed by atoms with Crippen molar-refractivity contribution in [2.75, 3.05) is 6.61 Å². The van der Waals surface area contributed by atoms with Crippen LogP contribution in [-0.2, 0) is 13.0 Å². The molecule has 0 fully saturated rings. The first kappa shape index (κ1) is 12.0. The molecule has 0 unspecified atom stereocenters. The average Bonchev–Trinajstić information content (AvgIpc) is 2.76. The van der Waals surface area contributed by atoms with Crippen LogP contribution in [0.5, 0.6) is 5.75 Å². The molecular formula is C12H14N2O2S. The Labute approximate surface area is 104 Å². The maximum atomic E-state index is 8.85. The zero-order chi connectivity index (χ0) is 12.1. The van der Waals surface area contributed by atoms with E-state index in [1.807, 2.05) is 18.5 Å². The summed E-state index contributed by atoms with van der Waals surface area (Å²) in [5, 5.41) is 8.85. The number of pyridine rings is 1. The number of nitrogens with zero attached hydrogens (tertiary/aromatic N) is 2. The van der Waals surface area contributed by atoms with Gasteiger partial charge in [-0.25, -0.2) is 4.98 Å². The number of thiazole rings is 1. The van der Waals surface area contributed by atoms with Gasteiger partial charge in [-0.15, -0.1) is 11.3 Å². The molecule has 1 N–H and O–H groups in total. The van der Waals surface area contributed by atoms with Gasteiger partial charge in [-0.3, -0.25) is 4.98 Å². The molecule has 0 aliphatic rings. The smallest absolute Gasteiger partial charge is 0.137 e. The molecule has 2 aromatic rings. The molecule has 0 saturated carbocycles. The Morgan fingerprint density at radius 2 is 2.24 bits per heavy atom. The summed E-state index contributed by atoms with van der Waals surface area (Å²) in [7, 11) is 0. The minimum Gasteiger partial charge on any atom is -0.492 e. The summed E-state index contributed by atoms with van der Waals surface area (Å²) < 4.78 is 5.57. The first-order valence-corrected chi connectivity index (χ1v) is 6.25. The van der Waals surface area contributed by atoms with Crippen LogP contribution in [0.1, 0.15) is 16.3 Å². The van der Waals surface area contributed by atoms with Gasteiger partial charge in [0.1, 0.15) is 5.75 Å². The van der Waals surface area contributed by atoms with E-state index in [4.69, 9.17) is 9.84 Å². The van der Waals surface area contributed by atoms with Crippen molar-refractivity contribution in [3.05, 3.63) is 40.1 Å². The van der Waals surface area contributed by atoms with Crippen LogP contribution >= 0.6 is 11.3 Å². The largest absolute Gasteiger partial charge is 0.492 e. The van der Waals surface area contributed by atoms with Gasteiger partial charge in [0.05, 0.1) is 36.3 Å². The molecule has 2 heterocycles. The Kier molecular flexibility index (Phi) is 4.06. The van der Waals surface area contributed by atoms with Crippen molar-refractivity contribution in [2.45, 2.75) is 20.0 Å². The van der Waals surface area contributed by atoms with Crippen LogP contribution < -0.4 is 4.74 Å². The number of hydrogen-bond donors (Lipinski definition) is 1. The maximum absolute atomic E-state index is 8.85. The van der Waals surface area contributed by atoms with Crippen molar-refractivity contribution >= 4 is 11.3 Å². The second-order valence-electron chi connectivity index (χ2n) is 3.60. The Hall–Kier alpha value is -1.46. The van der Waals surface area contributed by atoms with Crippen molar-refractivity contribution in [1.82, 2.24) is 9.97 Å². The molecular weight excluding hydrogens is 236 g/mol. The minimum atomic E-state index is -0.0413. The van der Waals surface area contributed by atoms with E-state index >= 15 is 0 Å². The van der Waals surface area contributed by atoms with E-state index in [1.54, 1.807) is 23.6 Å². The van der Waals surface area contributed by atoms with Crippen molar-refractivity contribution in [2.24, 2.45) is 0 Å². The van der Waals surface area contributed by atoms with Crippen LogP contribution in [0.3, 0.4) is 0 Å². The number of aromatic nitrogens is 2. The van der Waals surface area contributed by atoms with Crippen LogP contribution in [0.25, 0.3) is 0 Å². The lowest BCUT2D eigenvalue weighted by Crippen LogP contribution is -2.01. The highest BCUT2D eigenvalue weighted by Gasteiger charge is 2.02. The fourth-order valence-corrected chi connectivity index (χ4v) is 2.18. The van der Waals surface area contributed by atoms with Crippen LogP contribution in [0.15, 0.2) is 23.8 Å². The number of hydrogen-bond acceptors (Lipinski definition) is 5. The second kappa shape index (κ2) is 5.75. The zero-order valence-corrected chi connectivity index (χ0v) is 10.4. The quantitative estimate of drug-likeness (QED) is 0.881. The SMILES string of the molecule is Cc1ncsc1CCOc1ccc(CO)nc1. The van der Waals surface area contributed by atoms with Crippen molar-refractivity contribution in [1.29, 1.82) is 0 Å². The zero-order valence-electron chi connectivity index (χ0n) is 9.59. The second-order valence-corrected chi connectivity index (χ2v) is 4.54. The third kappa shape index (κ3) is 3.25. The lowest BCUT2D eigenvalue weighted by molar-refractivity contribution is 0.275. The van der Waals surface area contributed by atoms with Crippen LogP contribution in [0.2, 0.25) is 0 Å². The molecule has 0 bridgehead atoms. The monoisotopic (exact) mass is 250 g/mol. The third-order valence-electron chi connectivity index (χ3n) is 2.40. The fraction of sp³-hybridized carbons (Fsp3) is 0.333. The van der Waals surface area contributed by atoms with E-state index in [1.165, 1.54) is 4.88 Å². The van der Waals surface area contributed by atoms with Gasteiger partial charge in [-0.2, -0.15) is 0 Å². The molecule has 0 spiro atoms. The van der Waals surface area contributed by atoms with Gasteiger partial charge in [0, 0.05) is 11.3 Å². The molecule has 5 heteroatoms. The summed E-state index contributed by atoms with van der Waals surface area (Å²) in [5.74, 6) is 0.726. The molecule has 90 valence electrons. The molecule has 0 atom stereocenters. The van der Waals surface area contributed by atoms with Crippen LogP contribution in [0, 0.1) is 6.92 Å². The molecule has 2 rings (SSSR count). The average molecular weight is 250 g/mol.